The molecular formula is C21H20N2O6S. The van der Waals surface area contributed by atoms with Gasteiger partial charge in [-0.1, -0.05) is 12.1 Å². The third-order valence-corrected chi connectivity index (χ3v) is 5.71. The van der Waals surface area contributed by atoms with Gasteiger partial charge in [0.1, 0.15) is 5.76 Å². The van der Waals surface area contributed by atoms with Crippen LogP contribution in [0, 0.1) is 0 Å². The quantitative estimate of drug-likeness (QED) is 0.530. The highest BCUT2D eigenvalue weighted by molar-refractivity contribution is 8.18. The van der Waals surface area contributed by atoms with E-state index in [1.807, 2.05) is 24.3 Å². The number of furan rings is 1. The molecule has 8 nitrogen and oxygen atoms in total. The number of morpholine rings is 1. The van der Waals surface area contributed by atoms with Gasteiger partial charge in [0.2, 0.25) is 5.76 Å². The Balaban J connectivity index is 1.44. The van der Waals surface area contributed by atoms with Crippen LogP contribution in [0.3, 0.4) is 0 Å². The normalized spacial score (nSPS) is 18.4. The number of ether oxygens (including phenoxy) is 2. The number of methoxy groups -OCH3 is 1. The van der Waals surface area contributed by atoms with E-state index in [1.165, 1.54) is 13.2 Å². The van der Waals surface area contributed by atoms with Crippen molar-refractivity contribution in [1.82, 2.24) is 4.90 Å². The Morgan fingerprint density at radius 3 is 2.57 bits per heavy atom. The average Bonchev–Trinajstić information content (AvgIpc) is 3.35. The van der Waals surface area contributed by atoms with Crippen LogP contribution in [0.4, 0.5) is 10.5 Å². The van der Waals surface area contributed by atoms with Crippen LogP contribution >= 0.6 is 11.8 Å². The second-order valence-electron chi connectivity index (χ2n) is 6.72. The molecule has 2 amide bonds. The van der Waals surface area contributed by atoms with Gasteiger partial charge in [-0.3, -0.25) is 14.5 Å². The van der Waals surface area contributed by atoms with Gasteiger partial charge in [-0.05, 0) is 47.7 Å². The molecule has 0 bridgehead atoms. The van der Waals surface area contributed by atoms with Gasteiger partial charge in [0.25, 0.3) is 11.1 Å². The standard InChI is InChI=1S/C21H20N2O6S/c1-27-20(25)17-7-6-16(29-17)13-23-19(24)18(30-21(23)26)12-14-2-4-15(5-3-14)22-8-10-28-11-9-22/h2-7,12H,8-11,13H2,1H3/b18-12+. The highest BCUT2D eigenvalue weighted by Gasteiger charge is 2.35. The van der Waals surface area contributed by atoms with Gasteiger partial charge in [0.05, 0.1) is 31.8 Å². The van der Waals surface area contributed by atoms with Crippen molar-refractivity contribution in [3.8, 4) is 0 Å². The fraction of sp³-hybridized carbons (Fsp3) is 0.286. The molecular weight excluding hydrogens is 408 g/mol. The molecule has 0 atom stereocenters. The highest BCUT2D eigenvalue weighted by Crippen LogP contribution is 2.33. The van der Waals surface area contributed by atoms with Crippen molar-refractivity contribution < 1.29 is 28.3 Å². The molecule has 0 spiro atoms. The Morgan fingerprint density at radius 1 is 1.13 bits per heavy atom. The lowest BCUT2D eigenvalue weighted by molar-refractivity contribution is -0.123. The lowest BCUT2D eigenvalue weighted by atomic mass is 10.1. The molecule has 0 aliphatic carbocycles. The van der Waals surface area contributed by atoms with Crippen LogP contribution in [0.25, 0.3) is 6.08 Å². The minimum Gasteiger partial charge on any atom is -0.463 e. The number of thioether (sulfide) groups is 1. The number of hydrogen-bond acceptors (Lipinski definition) is 8. The molecule has 2 fully saturated rings. The average molecular weight is 428 g/mol. The van der Waals surface area contributed by atoms with Crippen LogP contribution in [0.5, 0.6) is 0 Å². The zero-order chi connectivity index (χ0) is 21.1. The molecule has 2 aliphatic rings. The summed E-state index contributed by atoms with van der Waals surface area (Å²) in [5, 5.41) is -0.382. The van der Waals surface area contributed by atoms with Gasteiger partial charge in [-0.25, -0.2) is 4.79 Å². The molecule has 1 aromatic carbocycles. The van der Waals surface area contributed by atoms with Crippen LogP contribution in [-0.4, -0.2) is 55.4 Å². The molecule has 9 heteroatoms. The molecule has 2 aliphatic heterocycles. The second kappa shape index (κ2) is 8.76. The Kier molecular flexibility index (Phi) is 5.91. The molecule has 0 unspecified atom stereocenters. The van der Waals surface area contributed by atoms with Crippen molar-refractivity contribution in [2.45, 2.75) is 6.54 Å². The molecule has 4 rings (SSSR count). The predicted molar refractivity (Wildman–Crippen MR) is 111 cm³/mol. The Labute approximate surface area is 177 Å². The van der Waals surface area contributed by atoms with Gasteiger partial charge in [-0.15, -0.1) is 0 Å². The maximum Gasteiger partial charge on any atom is 0.373 e. The van der Waals surface area contributed by atoms with Gasteiger partial charge in [0.15, 0.2) is 0 Å². The van der Waals surface area contributed by atoms with Crippen LogP contribution in [0.15, 0.2) is 45.7 Å². The first-order valence-corrected chi connectivity index (χ1v) is 10.2. The molecule has 3 heterocycles. The van der Waals surface area contributed by atoms with E-state index in [-0.39, 0.29) is 17.5 Å². The summed E-state index contributed by atoms with van der Waals surface area (Å²) in [4.78, 5) is 40.2. The first kappa shape index (κ1) is 20.2. The van der Waals surface area contributed by atoms with E-state index >= 15 is 0 Å². The van der Waals surface area contributed by atoms with Crippen molar-refractivity contribution in [1.29, 1.82) is 0 Å². The molecule has 2 aromatic rings. The van der Waals surface area contributed by atoms with Crippen molar-refractivity contribution in [2.75, 3.05) is 38.3 Å². The third-order valence-electron chi connectivity index (χ3n) is 4.80. The van der Waals surface area contributed by atoms with E-state index in [2.05, 4.69) is 9.64 Å². The molecule has 0 radical (unpaired) electrons. The van der Waals surface area contributed by atoms with Gasteiger partial charge < -0.3 is 18.8 Å². The maximum atomic E-state index is 12.7. The second-order valence-corrected chi connectivity index (χ2v) is 7.71. The number of benzene rings is 1. The maximum absolute atomic E-state index is 12.7. The van der Waals surface area contributed by atoms with Gasteiger partial charge >= 0.3 is 5.97 Å². The van der Waals surface area contributed by atoms with E-state index in [9.17, 15) is 14.4 Å². The Bertz CT molecular complexity index is 991. The number of carbonyl (C=O) groups excluding carboxylic acids is 3. The number of esters is 1. The van der Waals surface area contributed by atoms with E-state index in [0.29, 0.717) is 23.9 Å². The van der Waals surface area contributed by atoms with Crippen LogP contribution in [0.1, 0.15) is 21.9 Å². The minimum absolute atomic E-state index is 0.0235. The van der Waals surface area contributed by atoms with Crippen molar-refractivity contribution in [3.05, 3.63) is 58.4 Å². The van der Waals surface area contributed by atoms with Crippen LogP contribution < -0.4 is 4.90 Å². The summed E-state index contributed by atoms with van der Waals surface area (Å²) in [5.74, 6) is -0.654. The Morgan fingerprint density at radius 2 is 1.87 bits per heavy atom. The summed E-state index contributed by atoms with van der Waals surface area (Å²) in [5.41, 5.74) is 1.94. The summed E-state index contributed by atoms with van der Waals surface area (Å²) in [6.07, 6.45) is 1.70. The molecule has 2 saturated heterocycles. The largest absolute Gasteiger partial charge is 0.463 e. The number of imide groups is 1. The number of hydrogen-bond donors (Lipinski definition) is 0. The molecule has 156 valence electrons. The number of carbonyl (C=O) groups is 3. The topological polar surface area (TPSA) is 89.3 Å². The first-order chi connectivity index (χ1) is 14.5. The van der Waals surface area contributed by atoms with Gasteiger partial charge in [0, 0.05) is 18.8 Å². The summed E-state index contributed by atoms with van der Waals surface area (Å²) < 4.78 is 15.3. The molecule has 1 aromatic heterocycles. The van der Waals surface area contributed by atoms with E-state index in [0.717, 1.165) is 41.0 Å². The number of amides is 2. The first-order valence-electron chi connectivity index (χ1n) is 9.40. The highest BCUT2D eigenvalue weighted by atomic mass is 32.2. The Hall–Kier alpha value is -3.04. The smallest absolute Gasteiger partial charge is 0.373 e. The van der Waals surface area contributed by atoms with E-state index in [1.54, 1.807) is 12.1 Å². The SMILES string of the molecule is COC(=O)c1ccc(CN2C(=O)S/C(=C/c3ccc(N4CCOCC4)cc3)C2=O)o1. The van der Waals surface area contributed by atoms with E-state index < -0.39 is 11.9 Å². The van der Waals surface area contributed by atoms with Crippen LogP contribution in [0.2, 0.25) is 0 Å². The van der Waals surface area contributed by atoms with Crippen molar-refractivity contribution in [3.63, 3.8) is 0 Å². The van der Waals surface area contributed by atoms with Gasteiger partial charge in [-0.2, -0.15) is 0 Å². The predicted octanol–water partition coefficient (Wildman–Crippen LogP) is 3.14. The molecule has 30 heavy (non-hydrogen) atoms. The van der Waals surface area contributed by atoms with Crippen LogP contribution in [-0.2, 0) is 20.8 Å². The summed E-state index contributed by atoms with van der Waals surface area (Å²) in [6, 6.07) is 10.8. The fourth-order valence-electron chi connectivity index (χ4n) is 3.22. The monoisotopic (exact) mass is 428 g/mol. The lowest BCUT2D eigenvalue weighted by Gasteiger charge is -2.28. The third kappa shape index (κ3) is 4.27. The lowest BCUT2D eigenvalue weighted by Crippen LogP contribution is -2.36. The number of rotatable bonds is 5. The summed E-state index contributed by atoms with van der Waals surface area (Å²) >= 11 is 0.884. The molecule has 0 N–H and O–H groups in total. The van der Waals surface area contributed by atoms with Crippen molar-refractivity contribution >= 4 is 40.6 Å². The fourth-order valence-corrected chi connectivity index (χ4v) is 4.06. The number of anilines is 1. The number of nitrogens with zero attached hydrogens (tertiary/aromatic N) is 2. The minimum atomic E-state index is -0.615. The van der Waals surface area contributed by atoms with Crippen molar-refractivity contribution in [2.24, 2.45) is 0 Å². The van der Waals surface area contributed by atoms with E-state index in [4.69, 9.17) is 9.15 Å². The summed E-state index contributed by atoms with van der Waals surface area (Å²) in [7, 11) is 1.25. The molecule has 0 saturated carbocycles. The summed E-state index contributed by atoms with van der Waals surface area (Å²) in [6.45, 7) is 3.08. The zero-order valence-corrected chi connectivity index (χ0v) is 17.1. The zero-order valence-electron chi connectivity index (χ0n) is 16.3.